The zero-order valence-electron chi connectivity index (χ0n) is 17.2. The summed E-state index contributed by atoms with van der Waals surface area (Å²) < 4.78 is 11.5. The normalized spacial score (nSPS) is 16.2. The number of rotatable bonds is 7. The lowest BCUT2D eigenvalue weighted by Crippen LogP contribution is -2.46. The van der Waals surface area contributed by atoms with Crippen molar-refractivity contribution < 1.29 is 19.1 Å². The van der Waals surface area contributed by atoms with Crippen LogP contribution in [0.4, 0.5) is 4.79 Å². The fraction of sp³-hybridized carbons (Fsp3) is 0.304. The highest BCUT2D eigenvalue weighted by Gasteiger charge is 2.35. The summed E-state index contributed by atoms with van der Waals surface area (Å²) in [5.41, 5.74) is 2.56. The minimum atomic E-state index is -0.679. The lowest BCUT2D eigenvalue weighted by Gasteiger charge is -2.30. The lowest BCUT2D eigenvalue weighted by molar-refractivity contribution is -0.143. The standard InChI is InChI=1S/C23H25ClN2O4/c1-4-18-20(22(27)30-14(2)3)21(26-23(28)25-18)17-7-5-6-8-19(17)29-13-15-9-11-16(24)12-10-15/h5-12,14,21H,4,13H2,1-3H3,(H2,25,26,28). The van der Waals surface area contributed by atoms with Crippen molar-refractivity contribution in [3.63, 3.8) is 0 Å². The number of para-hydroxylation sites is 1. The average Bonchev–Trinajstić information content (AvgIpc) is 2.72. The average molecular weight is 429 g/mol. The van der Waals surface area contributed by atoms with Crippen LogP contribution in [0.15, 0.2) is 59.8 Å². The van der Waals surface area contributed by atoms with Crippen molar-refractivity contribution in [2.45, 2.75) is 45.9 Å². The van der Waals surface area contributed by atoms with Gasteiger partial charge in [-0.05, 0) is 44.0 Å². The third kappa shape index (κ3) is 5.13. The van der Waals surface area contributed by atoms with Crippen LogP contribution in [0, 0.1) is 0 Å². The van der Waals surface area contributed by atoms with Gasteiger partial charge in [-0.25, -0.2) is 9.59 Å². The molecule has 30 heavy (non-hydrogen) atoms. The van der Waals surface area contributed by atoms with E-state index >= 15 is 0 Å². The second kappa shape index (κ2) is 9.67. The third-order valence-electron chi connectivity index (χ3n) is 4.61. The second-order valence-electron chi connectivity index (χ2n) is 7.18. The molecular weight excluding hydrogens is 404 g/mol. The van der Waals surface area contributed by atoms with Gasteiger partial charge in [-0.1, -0.05) is 48.9 Å². The highest BCUT2D eigenvalue weighted by atomic mass is 35.5. The van der Waals surface area contributed by atoms with E-state index in [1.54, 1.807) is 26.0 Å². The van der Waals surface area contributed by atoms with Gasteiger partial charge in [0.2, 0.25) is 0 Å². The van der Waals surface area contributed by atoms with E-state index < -0.39 is 12.0 Å². The van der Waals surface area contributed by atoms with E-state index in [1.165, 1.54) is 0 Å². The number of nitrogens with one attached hydrogen (secondary N) is 2. The molecule has 1 aliphatic rings. The minimum Gasteiger partial charge on any atom is -0.489 e. The predicted octanol–water partition coefficient (Wildman–Crippen LogP) is 4.89. The van der Waals surface area contributed by atoms with Crippen LogP contribution >= 0.6 is 11.6 Å². The minimum absolute atomic E-state index is 0.280. The van der Waals surface area contributed by atoms with Crippen LogP contribution in [0.5, 0.6) is 5.75 Å². The fourth-order valence-electron chi connectivity index (χ4n) is 3.24. The molecule has 1 aliphatic heterocycles. The summed E-state index contributed by atoms with van der Waals surface area (Å²) in [6.45, 7) is 5.78. The molecule has 7 heteroatoms. The van der Waals surface area contributed by atoms with Crippen molar-refractivity contribution in [1.29, 1.82) is 0 Å². The van der Waals surface area contributed by atoms with Crippen molar-refractivity contribution in [3.05, 3.63) is 76.0 Å². The summed E-state index contributed by atoms with van der Waals surface area (Å²) in [4.78, 5) is 25.1. The van der Waals surface area contributed by atoms with E-state index in [-0.39, 0.29) is 12.1 Å². The Morgan fingerprint density at radius 1 is 1.13 bits per heavy atom. The number of esters is 1. The number of ether oxygens (including phenoxy) is 2. The van der Waals surface area contributed by atoms with E-state index in [2.05, 4.69) is 10.6 Å². The highest BCUT2D eigenvalue weighted by Crippen LogP contribution is 2.34. The first-order chi connectivity index (χ1) is 14.4. The number of carbonyl (C=O) groups excluding carboxylic acids is 2. The Balaban J connectivity index is 1.94. The lowest BCUT2D eigenvalue weighted by atomic mass is 9.93. The first-order valence-corrected chi connectivity index (χ1v) is 10.2. The van der Waals surface area contributed by atoms with Crippen LogP contribution in [-0.4, -0.2) is 18.1 Å². The first-order valence-electron chi connectivity index (χ1n) is 9.86. The van der Waals surface area contributed by atoms with Crippen molar-refractivity contribution in [3.8, 4) is 5.75 Å². The Bertz CT molecular complexity index is 954. The van der Waals surface area contributed by atoms with E-state index in [1.807, 2.05) is 43.3 Å². The maximum absolute atomic E-state index is 12.9. The summed E-state index contributed by atoms with van der Waals surface area (Å²) in [7, 11) is 0. The zero-order valence-corrected chi connectivity index (χ0v) is 18.0. The fourth-order valence-corrected chi connectivity index (χ4v) is 3.37. The molecule has 0 spiro atoms. The van der Waals surface area contributed by atoms with Gasteiger partial charge in [-0.2, -0.15) is 0 Å². The Kier molecular flexibility index (Phi) is 7.00. The molecule has 0 aliphatic carbocycles. The van der Waals surface area contributed by atoms with E-state index in [0.29, 0.717) is 40.6 Å². The van der Waals surface area contributed by atoms with Crippen molar-refractivity contribution in [1.82, 2.24) is 10.6 Å². The number of halogens is 1. The van der Waals surface area contributed by atoms with E-state index in [4.69, 9.17) is 21.1 Å². The van der Waals surface area contributed by atoms with Gasteiger partial charge in [-0.3, -0.25) is 0 Å². The van der Waals surface area contributed by atoms with Crippen LogP contribution in [0.3, 0.4) is 0 Å². The zero-order chi connectivity index (χ0) is 21.7. The Morgan fingerprint density at radius 2 is 1.83 bits per heavy atom. The number of carbonyl (C=O) groups is 2. The maximum Gasteiger partial charge on any atom is 0.338 e. The molecule has 2 amide bonds. The molecular formula is C23H25ClN2O4. The smallest absolute Gasteiger partial charge is 0.338 e. The molecule has 158 valence electrons. The summed E-state index contributed by atoms with van der Waals surface area (Å²) in [5, 5.41) is 6.22. The van der Waals surface area contributed by atoms with Crippen LogP contribution < -0.4 is 15.4 Å². The van der Waals surface area contributed by atoms with Crippen LogP contribution in [0.2, 0.25) is 5.02 Å². The van der Waals surface area contributed by atoms with Gasteiger partial charge in [0, 0.05) is 16.3 Å². The number of hydrogen-bond acceptors (Lipinski definition) is 4. The third-order valence-corrected chi connectivity index (χ3v) is 4.86. The van der Waals surface area contributed by atoms with Crippen molar-refractivity contribution in [2.24, 2.45) is 0 Å². The molecule has 0 bridgehead atoms. The molecule has 2 N–H and O–H groups in total. The molecule has 0 saturated carbocycles. The molecule has 6 nitrogen and oxygen atoms in total. The second-order valence-corrected chi connectivity index (χ2v) is 7.62. The molecule has 2 aromatic carbocycles. The van der Waals surface area contributed by atoms with E-state index in [0.717, 1.165) is 5.56 Å². The van der Waals surface area contributed by atoms with Gasteiger partial charge in [0.1, 0.15) is 12.4 Å². The van der Waals surface area contributed by atoms with Crippen LogP contribution in [-0.2, 0) is 16.1 Å². The number of allylic oxidation sites excluding steroid dienone is 1. The van der Waals surface area contributed by atoms with Crippen molar-refractivity contribution >= 4 is 23.6 Å². The summed E-state index contributed by atoms with van der Waals surface area (Å²) >= 11 is 5.94. The molecule has 1 heterocycles. The molecule has 0 saturated heterocycles. The Hall–Kier alpha value is -2.99. The number of amides is 2. The Morgan fingerprint density at radius 3 is 2.50 bits per heavy atom. The topological polar surface area (TPSA) is 76.7 Å². The molecule has 0 fully saturated rings. The van der Waals surface area contributed by atoms with Crippen LogP contribution in [0.1, 0.15) is 44.4 Å². The molecule has 3 rings (SSSR count). The molecule has 1 unspecified atom stereocenters. The number of benzene rings is 2. The first kappa shape index (κ1) is 21.7. The summed E-state index contributed by atoms with van der Waals surface area (Å²) in [6, 6.07) is 13.7. The number of urea groups is 1. The molecule has 0 radical (unpaired) electrons. The molecule has 0 aromatic heterocycles. The Labute approximate surface area is 181 Å². The molecule has 2 aromatic rings. The van der Waals surface area contributed by atoms with Gasteiger partial charge in [-0.15, -0.1) is 0 Å². The van der Waals surface area contributed by atoms with Gasteiger partial charge in [0.15, 0.2) is 0 Å². The monoisotopic (exact) mass is 428 g/mol. The van der Waals surface area contributed by atoms with Gasteiger partial charge in [0.25, 0.3) is 0 Å². The highest BCUT2D eigenvalue weighted by molar-refractivity contribution is 6.30. The van der Waals surface area contributed by atoms with Crippen molar-refractivity contribution in [2.75, 3.05) is 0 Å². The SMILES string of the molecule is CCC1=C(C(=O)OC(C)C)C(c2ccccc2OCc2ccc(Cl)cc2)NC(=O)N1. The number of hydrogen-bond donors (Lipinski definition) is 2. The quantitative estimate of drug-likeness (QED) is 0.615. The largest absolute Gasteiger partial charge is 0.489 e. The van der Waals surface area contributed by atoms with Gasteiger partial charge >= 0.3 is 12.0 Å². The summed E-state index contributed by atoms with van der Waals surface area (Å²) in [6.07, 6.45) is 0.207. The van der Waals surface area contributed by atoms with Crippen LogP contribution in [0.25, 0.3) is 0 Å². The maximum atomic E-state index is 12.9. The van der Waals surface area contributed by atoms with Gasteiger partial charge in [0.05, 0.1) is 17.7 Å². The predicted molar refractivity (Wildman–Crippen MR) is 115 cm³/mol. The van der Waals surface area contributed by atoms with E-state index in [9.17, 15) is 9.59 Å². The van der Waals surface area contributed by atoms with Gasteiger partial charge < -0.3 is 20.1 Å². The molecule has 1 atom stereocenters. The summed E-state index contributed by atoms with van der Waals surface area (Å²) in [5.74, 6) is 0.108.